The first-order valence-corrected chi connectivity index (χ1v) is 7.99. The van der Waals surface area contributed by atoms with Crippen LogP contribution in [0, 0.1) is 6.92 Å². The number of fused-ring (bicyclic) bond motifs is 3. The van der Waals surface area contributed by atoms with Gasteiger partial charge in [0.05, 0.1) is 17.7 Å². The lowest BCUT2D eigenvalue weighted by Crippen LogP contribution is -2.30. The second-order valence-electron chi connectivity index (χ2n) is 5.32. The number of nitrogens with one attached hydrogen (secondary N) is 1. The fraction of sp³-hybridized carbons (Fsp3) is 0.188. The number of furan rings is 1. The minimum Gasteiger partial charge on any atom is -0.442 e. The zero-order chi connectivity index (χ0) is 16.0. The van der Waals surface area contributed by atoms with Crippen LogP contribution in [0.1, 0.15) is 21.7 Å². The Balaban J connectivity index is 1.74. The number of halogens is 1. The van der Waals surface area contributed by atoms with Gasteiger partial charge in [0.2, 0.25) is 5.88 Å². The highest BCUT2D eigenvalue weighted by Crippen LogP contribution is 2.34. The molecule has 0 saturated heterocycles. The molecule has 0 aliphatic carbocycles. The molecule has 0 bridgehead atoms. The summed E-state index contributed by atoms with van der Waals surface area (Å²) in [7, 11) is 0. The van der Waals surface area contributed by atoms with Crippen LogP contribution in [0.4, 0.5) is 11.6 Å². The fourth-order valence-corrected chi connectivity index (χ4v) is 3.18. The van der Waals surface area contributed by atoms with Crippen LogP contribution in [-0.4, -0.2) is 36.1 Å². The van der Waals surface area contributed by atoms with E-state index in [1.807, 2.05) is 29.2 Å². The van der Waals surface area contributed by atoms with Crippen molar-refractivity contribution in [2.75, 3.05) is 18.4 Å². The largest absolute Gasteiger partial charge is 0.442 e. The molecule has 2 aromatic rings. The average Bonchev–Trinajstić information content (AvgIpc) is 3.09. The van der Waals surface area contributed by atoms with Crippen molar-refractivity contribution in [1.82, 2.24) is 4.90 Å². The van der Waals surface area contributed by atoms with E-state index in [-0.39, 0.29) is 5.91 Å². The smallest absolute Gasteiger partial charge is 0.260 e. The Bertz CT molecular complexity index is 869. The van der Waals surface area contributed by atoms with Gasteiger partial charge in [-0.1, -0.05) is 22.0 Å². The third kappa shape index (κ3) is 2.37. The predicted molar refractivity (Wildman–Crippen MR) is 91.8 cm³/mol. The van der Waals surface area contributed by atoms with Crippen LogP contribution in [0.15, 0.2) is 43.1 Å². The van der Waals surface area contributed by atoms with E-state index in [1.54, 1.807) is 13.3 Å². The second-order valence-corrected chi connectivity index (χ2v) is 6.24. The van der Waals surface area contributed by atoms with Gasteiger partial charge in [-0.2, -0.15) is 0 Å². The van der Waals surface area contributed by atoms with Crippen LogP contribution in [0.3, 0.4) is 0 Å². The number of aryl methyl sites for hydroxylation is 1. The molecule has 2 aliphatic rings. The summed E-state index contributed by atoms with van der Waals surface area (Å²) < 4.78 is 6.55. The normalized spacial score (nSPS) is 15.2. The van der Waals surface area contributed by atoms with Crippen LogP contribution in [0.25, 0.3) is 0 Å². The average molecular weight is 373 g/mol. The lowest BCUT2D eigenvalue weighted by atomic mass is 10.1. The van der Waals surface area contributed by atoms with Gasteiger partial charge in [-0.05, 0) is 25.1 Å². The molecule has 6 nitrogen and oxygen atoms in total. The van der Waals surface area contributed by atoms with Gasteiger partial charge in [-0.25, -0.2) is 4.99 Å². The van der Waals surface area contributed by atoms with Crippen molar-refractivity contribution in [1.29, 1.82) is 0 Å². The highest BCUT2D eigenvalue weighted by atomic mass is 79.9. The van der Waals surface area contributed by atoms with Crippen molar-refractivity contribution < 1.29 is 9.21 Å². The zero-order valence-electron chi connectivity index (χ0n) is 12.3. The minimum atomic E-state index is -0.225. The van der Waals surface area contributed by atoms with Crippen molar-refractivity contribution in [2.45, 2.75) is 6.92 Å². The van der Waals surface area contributed by atoms with E-state index >= 15 is 0 Å². The first-order chi connectivity index (χ1) is 11.1. The van der Waals surface area contributed by atoms with E-state index < -0.39 is 0 Å². The number of amides is 1. The first-order valence-electron chi connectivity index (χ1n) is 7.19. The van der Waals surface area contributed by atoms with E-state index in [2.05, 4.69) is 31.2 Å². The summed E-state index contributed by atoms with van der Waals surface area (Å²) in [4.78, 5) is 23.5. The molecule has 1 amide bonds. The molecule has 0 unspecified atom stereocenters. The molecule has 0 atom stereocenters. The lowest BCUT2D eigenvalue weighted by molar-refractivity contribution is 0.102. The molecule has 0 saturated carbocycles. The number of carbonyl (C=O) groups is 1. The minimum absolute atomic E-state index is 0.225. The lowest BCUT2D eigenvalue weighted by Gasteiger charge is -2.18. The molecule has 0 spiro atoms. The van der Waals surface area contributed by atoms with Gasteiger partial charge in [0.15, 0.2) is 0 Å². The van der Waals surface area contributed by atoms with Crippen LogP contribution in [-0.2, 0) is 0 Å². The van der Waals surface area contributed by atoms with Crippen molar-refractivity contribution in [3.8, 4) is 0 Å². The SMILES string of the molecule is Cc1oc2c(c1C(=O)Nc1cccc(Br)c1)C1=NCCN1C=N2. The number of amidine groups is 1. The quantitative estimate of drug-likeness (QED) is 0.878. The number of carbonyl (C=O) groups excluding carboxylic acids is 1. The number of anilines is 1. The van der Waals surface area contributed by atoms with Crippen LogP contribution >= 0.6 is 15.9 Å². The molecule has 116 valence electrons. The van der Waals surface area contributed by atoms with Crippen molar-refractivity contribution >= 4 is 45.6 Å². The molecule has 0 fully saturated rings. The third-order valence-corrected chi connectivity index (χ3v) is 4.28. The molecule has 3 heterocycles. The molecule has 23 heavy (non-hydrogen) atoms. The number of aliphatic imine (C=N–C) groups is 2. The Hall–Kier alpha value is -2.41. The molecule has 7 heteroatoms. The molecular formula is C16H13BrN4O2. The van der Waals surface area contributed by atoms with Gasteiger partial charge < -0.3 is 14.6 Å². The van der Waals surface area contributed by atoms with Crippen molar-refractivity contribution in [3.05, 3.63) is 45.6 Å². The Labute approximate surface area is 141 Å². The van der Waals surface area contributed by atoms with E-state index in [1.165, 1.54) is 0 Å². The Kier molecular flexibility index (Phi) is 3.30. The third-order valence-electron chi connectivity index (χ3n) is 3.79. The number of hydrogen-bond acceptors (Lipinski definition) is 5. The summed E-state index contributed by atoms with van der Waals surface area (Å²) in [6.45, 7) is 3.23. The molecular weight excluding hydrogens is 360 g/mol. The van der Waals surface area contributed by atoms with E-state index in [0.717, 1.165) is 16.9 Å². The van der Waals surface area contributed by atoms with E-state index in [0.29, 0.717) is 35.0 Å². The molecule has 1 N–H and O–H groups in total. The highest BCUT2D eigenvalue weighted by Gasteiger charge is 2.33. The van der Waals surface area contributed by atoms with Crippen LogP contribution in [0.2, 0.25) is 0 Å². The molecule has 4 rings (SSSR count). The monoisotopic (exact) mass is 372 g/mol. The number of nitrogens with zero attached hydrogens (tertiary/aromatic N) is 3. The van der Waals surface area contributed by atoms with Crippen LogP contribution < -0.4 is 5.32 Å². The standard InChI is InChI=1S/C16H13BrN4O2/c1-9-12(15(22)20-11-4-2-3-10(17)7-11)13-14-18-5-6-21(14)8-19-16(13)23-9/h2-4,7-8H,5-6H2,1H3,(H,20,22). The molecule has 2 aliphatic heterocycles. The summed E-state index contributed by atoms with van der Waals surface area (Å²) in [5.41, 5.74) is 1.88. The van der Waals surface area contributed by atoms with Gasteiger partial charge in [-0.3, -0.25) is 9.79 Å². The Morgan fingerprint density at radius 3 is 3.13 bits per heavy atom. The van der Waals surface area contributed by atoms with Crippen molar-refractivity contribution in [2.24, 2.45) is 9.98 Å². The predicted octanol–water partition coefficient (Wildman–Crippen LogP) is 3.34. The topological polar surface area (TPSA) is 70.2 Å². The summed E-state index contributed by atoms with van der Waals surface area (Å²) in [6, 6.07) is 7.45. The number of benzene rings is 1. The summed E-state index contributed by atoms with van der Waals surface area (Å²) in [5.74, 6) is 1.51. The fourth-order valence-electron chi connectivity index (χ4n) is 2.78. The maximum absolute atomic E-state index is 12.8. The van der Waals surface area contributed by atoms with Gasteiger partial charge in [-0.15, -0.1) is 0 Å². The molecule has 1 aromatic carbocycles. The number of hydrogen-bond donors (Lipinski definition) is 1. The van der Waals surface area contributed by atoms with Crippen LogP contribution in [0.5, 0.6) is 0 Å². The zero-order valence-corrected chi connectivity index (χ0v) is 13.9. The summed E-state index contributed by atoms with van der Waals surface area (Å²) in [6.07, 6.45) is 1.70. The Morgan fingerprint density at radius 1 is 1.43 bits per heavy atom. The van der Waals surface area contributed by atoms with Crippen molar-refractivity contribution in [3.63, 3.8) is 0 Å². The maximum atomic E-state index is 12.8. The highest BCUT2D eigenvalue weighted by molar-refractivity contribution is 9.10. The van der Waals surface area contributed by atoms with Gasteiger partial charge >= 0.3 is 0 Å². The van der Waals surface area contributed by atoms with Gasteiger partial charge in [0, 0.05) is 16.7 Å². The molecule has 1 aromatic heterocycles. The first kappa shape index (κ1) is 14.2. The van der Waals surface area contributed by atoms with Gasteiger partial charge in [0.25, 0.3) is 5.91 Å². The Morgan fingerprint density at radius 2 is 2.30 bits per heavy atom. The number of rotatable bonds is 2. The second kappa shape index (κ2) is 5.34. The summed E-state index contributed by atoms with van der Waals surface area (Å²) >= 11 is 3.40. The summed E-state index contributed by atoms with van der Waals surface area (Å²) in [5, 5.41) is 2.90. The molecule has 0 radical (unpaired) electrons. The van der Waals surface area contributed by atoms with Gasteiger partial charge in [0.1, 0.15) is 17.9 Å². The van der Waals surface area contributed by atoms with E-state index in [4.69, 9.17) is 4.42 Å². The van der Waals surface area contributed by atoms with E-state index in [9.17, 15) is 4.79 Å². The maximum Gasteiger partial charge on any atom is 0.260 e.